The van der Waals surface area contributed by atoms with Crippen LogP contribution in [0.15, 0.2) is 29.2 Å². The molecule has 0 heterocycles. The van der Waals surface area contributed by atoms with Gasteiger partial charge in [0.2, 0.25) is 0 Å². The SMILES string of the molecule is CCCC1CCC(CN)C(Sc2ccc(F)cc2)C1. The fourth-order valence-electron chi connectivity index (χ4n) is 3.05. The molecule has 0 amide bonds. The zero-order chi connectivity index (χ0) is 13.7. The first kappa shape index (κ1) is 14.9. The summed E-state index contributed by atoms with van der Waals surface area (Å²) in [5.41, 5.74) is 5.92. The Bertz CT molecular complexity index is 379. The highest BCUT2D eigenvalue weighted by Gasteiger charge is 2.29. The third-order valence-corrected chi connectivity index (χ3v) is 5.56. The summed E-state index contributed by atoms with van der Waals surface area (Å²) < 4.78 is 12.9. The predicted octanol–water partition coefficient (Wildman–Crippen LogP) is 4.46. The van der Waals surface area contributed by atoms with Crippen molar-refractivity contribution in [1.82, 2.24) is 0 Å². The van der Waals surface area contributed by atoms with Gasteiger partial charge in [-0.3, -0.25) is 0 Å². The van der Waals surface area contributed by atoms with Crippen molar-refractivity contribution in [2.45, 2.75) is 49.2 Å². The second-order valence-corrected chi connectivity index (χ2v) is 6.89. The molecule has 0 bridgehead atoms. The van der Waals surface area contributed by atoms with Gasteiger partial charge in [0.25, 0.3) is 0 Å². The van der Waals surface area contributed by atoms with Crippen LogP contribution in [0.2, 0.25) is 0 Å². The second-order valence-electron chi connectivity index (χ2n) is 5.57. The van der Waals surface area contributed by atoms with Crippen molar-refractivity contribution in [2.75, 3.05) is 6.54 Å². The van der Waals surface area contributed by atoms with Crippen LogP contribution in [-0.2, 0) is 0 Å². The van der Waals surface area contributed by atoms with Gasteiger partial charge in [-0.25, -0.2) is 4.39 Å². The smallest absolute Gasteiger partial charge is 0.123 e. The molecule has 1 saturated carbocycles. The fourth-order valence-corrected chi connectivity index (χ4v) is 4.50. The van der Waals surface area contributed by atoms with Gasteiger partial charge in [-0.2, -0.15) is 0 Å². The Hall–Kier alpha value is -0.540. The summed E-state index contributed by atoms with van der Waals surface area (Å²) in [6.07, 6.45) is 6.44. The Labute approximate surface area is 120 Å². The van der Waals surface area contributed by atoms with Gasteiger partial charge in [0.15, 0.2) is 0 Å². The zero-order valence-corrected chi connectivity index (χ0v) is 12.5. The normalized spacial score (nSPS) is 27.4. The number of rotatable bonds is 5. The van der Waals surface area contributed by atoms with Crippen molar-refractivity contribution in [3.63, 3.8) is 0 Å². The van der Waals surface area contributed by atoms with Gasteiger partial charge in [-0.1, -0.05) is 26.2 Å². The average Bonchev–Trinajstić information content (AvgIpc) is 2.42. The van der Waals surface area contributed by atoms with Gasteiger partial charge in [0, 0.05) is 10.1 Å². The lowest BCUT2D eigenvalue weighted by molar-refractivity contribution is 0.276. The number of halogens is 1. The molecule has 2 N–H and O–H groups in total. The highest BCUT2D eigenvalue weighted by atomic mass is 32.2. The lowest BCUT2D eigenvalue weighted by Gasteiger charge is -2.35. The molecule has 1 aromatic carbocycles. The van der Waals surface area contributed by atoms with Crippen molar-refractivity contribution in [1.29, 1.82) is 0 Å². The summed E-state index contributed by atoms with van der Waals surface area (Å²) in [6, 6.07) is 6.87. The Balaban J connectivity index is 1.99. The van der Waals surface area contributed by atoms with Crippen LogP contribution in [0.1, 0.15) is 39.0 Å². The van der Waals surface area contributed by atoms with E-state index < -0.39 is 0 Å². The number of thioether (sulfide) groups is 1. The molecule has 0 spiro atoms. The maximum atomic E-state index is 12.9. The van der Waals surface area contributed by atoms with Crippen molar-refractivity contribution in [2.24, 2.45) is 17.6 Å². The van der Waals surface area contributed by atoms with E-state index >= 15 is 0 Å². The van der Waals surface area contributed by atoms with E-state index in [1.54, 1.807) is 12.1 Å². The molecule has 19 heavy (non-hydrogen) atoms. The molecule has 3 unspecified atom stereocenters. The molecule has 2 rings (SSSR count). The summed E-state index contributed by atoms with van der Waals surface area (Å²) in [5.74, 6) is 1.31. The maximum Gasteiger partial charge on any atom is 0.123 e. The molecular weight excluding hydrogens is 257 g/mol. The van der Waals surface area contributed by atoms with Crippen LogP contribution < -0.4 is 5.73 Å². The van der Waals surface area contributed by atoms with E-state index in [4.69, 9.17) is 5.73 Å². The molecular formula is C16H24FNS. The van der Waals surface area contributed by atoms with Crippen LogP contribution in [0.5, 0.6) is 0 Å². The highest BCUT2D eigenvalue weighted by Crippen LogP contribution is 2.40. The van der Waals surface area contributed by atoms with Gasteiger partial charge in [-0.15, -0.1) is 11.8 Å². The van der Waals surface area contributed by atoms with E-state index in [-0.39, 0.29) is 5.82 Å². The van der Waals surface area contributed by atoms with Gasteiger partial charge in [0.1, 0.15) is 5.82 Å². The number of hydrogen-bond acceptors (Lipinski definition) is 2. The van der Waals surface area contributed by atoms with E-state index in [2.05, 4.69) is 6.92 Å². The van der Waals surface area contributed by atoms with Crippen LogP contribution >= 0.6 is 11.8 Å². The minimum atomic E-state index is -0.160. The molecule has 1 aliphatic carbocycles. The lowest BCUT2D eigenvalue weighted by Crippen LogP contribution is -2.32. The monoisotopic (exact) mass is 281 g/mol. The topological polar surface area (TPSA) is 26.0 Å². The predicted molar refractivity (Wildman–Crippen MR) is 80.8 cm³/mol. The molecule has 3 atom stereocenters. The van der Waals surface area contributed by atoms with Crippen LogP contribution in [0.4, 0.5) is 4.39 Å². The Kier molecular flexibility index (Phi) is 5.71. The first-order chi connectivity index (χ1) is 9.22. The summed E-state index contributed by atoms with van der Waals surface area (Å²) in [5, 5.41) is 0.598. The average molecular weight is 281 g/mol. The van der Waals surface area contributed by atoms with Crippen molar-refractivity contribution < 1.29 is 4.39 Å². The molecule has 0 aliphatic heterocycles. The zero-order valence-electron chi connectivity index (χ0n) is 11.6. The number of nitrogens with two attached hydrogens (primary N) is 1. The standard InChI is InChI=1S/C16H24FNS/c1-2-3-12-4-5-13(11-18)16(10-12)19-15-8-6-14(17)7-9-15/h6-9,12-13,16H,2-5,10-11,18H2,1H3. The van der Waals surface area contributed by atoms with Crippen LogP contribution in [0, 0.1) is 17.7 Å². The van der Waals surface area contributed by atoms with Gasteiger partial charge in [-0.05, 0) is 55.5 Å². The minimum absolute atomic E-state index is 0.160. The molecule has 1 aliphatic rings. The second kappa shape index (κ2) is 7.30. The molecule has 0 saturated heterocycles. The van der Waals surface area contributed by atoms with E-state index in [1.165, 1.54) is 37.0 Å². The molecule has 1 fully saturated rings. The van der Waals surface area contributed by atoms with Gasteiger partial charge in [0.05, 0.1) is 0 Å². The Morgan fingerprint density at radius 1 is 1.26 bits per heavy atom. The molecule has 1 nitrogen and oxygen atoms in total. The number of benzene rings is 1. The third kappa shape index (κ3) is 4.22. The van der Waals surface area contributed by atoms with Crippen molar-refractivity contribution in [3.05, 3.63) is 30.1 Å². The highest BCUT2D eigenvalue weighted by molar-refractivity contribution is 8.00. The quantitative estimate of drug-likeness (QED) is 0.862. The molecule has 0 aromatic heterocycles. The number of hydrogen-bond donors (Lipinski definition) is 1. The fraction of sp³-hybridized carbons (Fsp3) is 0.625. The van der Waals surface area contributed by atoms with Crippen LogP contribution in [0.3, 0.4) is 0 Å². The van der Waals surface area contributed by atoms with E-state index in [0.717, 1.165) is 12.5 Å². The van der Waals surface area contributed by atoms with Crippen LogP contribution in [-0.4, -0.2) is 11.8 Å². The summed E-state index contributed by atoms with van der Waals surface area (Å²) >= 11 is 1.89. The molecule has 0 radical (unpaired) electrons. The molecule has 1 aromatic rings. The lowest BCUT2D eigenvalue weighted by atomic mass is 9.80. The first-order valence-corrected chi connectivity index (χ1v) is 8.23. The largest absolute Gasteiger partial charge is 0.330 e. The minimum Gasteiger partial charge on any atom is -0.330 e. The third-order valence-electron chi connectivity index (χ3n) is 4.14. The van der Waals surface area contributed by atoms with E-state index in [0.29, 0.717) is 11.2 Å². The maximum absolute atomic E-state index is 12.9. The summed E-state index contributed by atoms with van der Waals surface area (Å²) in [7, 11) is 0. The first-order valence-electron chi connectivity index (χ1n) is 7.35. The van der Waals surface area contributed by atoms with E-state index in [9.17, 15) is 4.39 Å². The molecule has 3 heteroatoms. The Morgan fingerprint density at radius 2 is 2.00 bits per heavy atom. The summed E-state index contributed by atoms with van der Waals surface area (Å²) in [6.45, 7) is 3.04. The van der Waals surface area contributed by atoms with Crippen molar-refractivity contribution in [3.8, 4) is 0 Å². The Morgan fingerprint density at radius 3 is 2.63 bits per heavy atom. The van der Waals surface area contributed by atoms with Crippen LogP contribution in [0.25, 0.3) is 0 Å². The van der Waals surface area contributed by atoms with Gasteiger partial charge >= 0.3 is 0 Å². The summed E-state index contributed by atoms with van der Waals surface area (Å²) in [4.78, 5) is 1.17. The van der Waals surface area contributed by atoms with Gasteiger partial charge < -0.3 is 5.73 Å². The van der Waals surface area contributed by atoms with E-state index in [1.807, 2.05) is 23.9 Å². The van der Waals surface area contributed by atoms with Crippen molar-refractivity contribution >= 4 is 11.8 Å². The molecule has 106 valence electrons.